The molecular formula is C35H32N4O8S. The van der Waals surface area contributed by atoms with Crippen molar-refractivity contribution in [1.82, 2.24) is 15.2 Å². The predicted octanol–water partition coefficient (Wildman–Crippen LogP) is 4.90. The molecule has 0 saturated heterocycles. The Morgan fingerprint density at radius 1 is 0.958 bits per heavy atom. The number of aromatic amines is 1. The van der Waals surface area contributed by atoms with E-state index in [-0.39, 0.29) is 35.5 Å². The predicted molar refractivity (Wildman–Crippen MR) is 179 cm³/mol. The third-order valence-corrected chi connectivity index (χ3v) is 9.29. The molecule has 3 aromatic carbocycles. The lowest BCUT2D eigenvalue weighted by atomic mass is 9.95. The standard InChI is InChI=1S/C35H32N4O8S/c1-46-24-9-7-20(8-10-24)17-39-18-29-26(30(34(42)43)33(48-29)38-32(41)35(44)45)15-23(39)16-36-31(40)28-14-22-13-25(11-12-27(22)37-28)47-19-21-5-3-2-4-6-21/h2-14,23,37H,15-19H2,1H3,(H,36,40)(H,38,41)(H,42,43)(H,44,45). The number of nitrogens with one attached hydrogen (secondary N) is 3. The van der Waals surface area contributed by atoms with Crippen LogP contribution in [0.3, 0.4) is 0 Å². The largest absolute Gasteiger partial charge is 0.497 e. The van der Waals surface area contributed by atoms with Crippen molar-refractivity contribution in [3.05, 3.63) is 112 Å². The first kappa shape index (κ1) is 32.3. The minimum Gasteiger partial charge on any atom is -0.497 e. The van der Waals surface area contributed by atoms with Crippen LogP contribution in [0.4, 0.5) is 5.00 Å². The van der Waals surface area contributed by atoms with E-state index in [9.17, 15) is 24.3 Å². The van der Waals surface area contributed by atoms with Crippen LogP contribution in [0.5, 0.6) is 11.5 Å². The van der Waals surface area contributed by atoms with Crippen molar-refractivity contribution >= 4 is 51.0 Å². The molecular weight excluding hydrogens is 636 g/mol. The summed E-state index contributed by atoms with van der Waals surface area (Å²) < 4.78 is 11.2. The van der Waals surface area contributed by atoms with Gasteiger partial charge in [0.2, 0.25) is 0 Å². The Morgan fingerprint density at radius 3 is 2.42 bits per heavy atom. The molecule has 0 spiro atoms. The van der Waals surface area contributed by atoms with E-state index in [4.69, 9.17) is 14.6 Å². The molecule has 0 saturated carbocycles. The van der Waals surface area contributed by atoms with Crippen LogP contribution in [-0.4, -0.2) is 63.5 Å². The number of carboxylic acids is 2. The zero-order valence-electron chi connectivity index (χ0n) is 25.8. The van der Waals surface area contributed by atoms with Crippen LogP contribution in [0.1, 0.15) is 42.4 Å². The van der Waals surface area contributed by atoms with Gasteiger partial charge in [-0.2, -0.15) is 0 Å². The number of carboxylic acid groups (broad SMARTS) is 2. The topological polar surface area (TPSA) is 170 Å². The van der Waals surface area contributed by atoms with Crippen molar-refractivity contribution in [2.75, 3.05) is 19.0 Å². The highest BCUT2D eigenvalue weighted by atomic mass is 32.1. The van der Waals surface area contributed by atoms with Crippen LogP contribution < -0.4 is 20.1 Å². The van der Waals surface area contributed by atoms with Gasteiger partial charge in [0.05, 0.1) is 12.7 Å². The number of hydrogen-bond acceptors (Lipinski definition) is 8. The number of thiophene rings is 1. The van der Waals surface area contributed by atoms with Crippen molar-refractivity contribution < 1.29 is 38.9 Å². The molecule has 1 unspecified atom stereocenters. The third-order valence-electron chi connectivity index (χ3n) is 8.16. The van der Waals surface area contributed by atoms with Crippen LogP contribution in [-0.2, 0) is 35.7 Å². The lowest BCUT2D eigenvalue weighted by molar-refractivity contribution is -0.147. The van der Waals surface area contributed by atoms with Crippen molar-refractivity contribution in [3.8, 4) is 11.5 Å². The quantitative estimate of drug-likeness (QED) is 0.123. The van der Waals surface area contributed by atoms with Crippen LogP contribution in [0.15, 0.2) is 78.9 Å². The SMILES string of the molecule is COc1ccc(CN2Cc3sc(NC(=O)C(=O)O)c(C(=O)O)c3CC2CNC(=O)c2cc3cc(OCc4ccccc4)ccc3[nH]2)cc1. The summed E-state index contributed by atoms with van der Waals surface area (Å²) in [4.78, 5) is 54.8. The number of rotatable bonds is 11. The summed E-state index contributed by atoms with van der Waals surface area (Å²) in [5.74, 6) is -3.25. The second-order valence-electron chi connectivity index (χ2n) is 11.3. The molecule has 13 heteroatoms. The van der Waals surface area contributed by atoms with Crippen LogP contribution in [0.25, 0.3) is 10.9 Å². The molecule has 0 aliphatic carbocycles. The number of benzene rings is 3. The van der Waals surface area contributed by atoms with Crippen molar-refractivity contribution in [2.45, 2.75) is 32.2 Å². The Balaban J connectivity index is 1.21. The van der Waals surface area contributed by atoms with Crippen LogP contribution in [0.2, 0.25) is 0 Å². The second-order valence-corrected chi connectivity index (χ2v) is 12.4. The Morgan fingerprint density at radius 2 is 1.71 bits per heavy atom. The van der Waals surface area contributed by atoms with Gasteiger partial charge in [-0.25, -0.2) is 9.59 Å². The van der Waals surface area contributed by atoms with Gasteiger partial charge in [-0.1, -0.05) is 42.5 Å². The Bertz CT molecular complexity index is 1990. The summed E-state index contributed by atoms with van der Waals surface area (Å²) in [7, 11) is 1.59. The number of aromatic carboxylic acids is 1. The van der Waals surface area contributed by atoms with E-state index in [2.05, 4.69) is 20.5 Å². The number of fused-ring (bicyclic) bond motifs is 2. The average Bonchev–Trinajstić information content (AvgIpc) is 3.67. The van der Waals surface area contributed by atoms with E-state index in [1.54, 1.807) is 13.2 Å². The van der Waals surface area contributed by atoms with E-state index in [1.165, 1.54) is 0 Å². The number of carbonyl (C=O) groups excluding carboxylic acids is 2. The normalized spacial score (nSPS) is 14.2. The number of aliphatic carboxylic acids is 1. The number of anilines is 1. The summed E-state index contributed by atoms with van der Waals surface area (Å²) in [5.41, 5.74) is 3.53. The van der Waals surface area contributed by atoms with Gasteiger partial charge in [0.1, 0.15) is 28.8 Å². The molecule has 5 aromatic rings. The molecule has 0 bridgehead atoms. The van der Waals surface area contributed by atoms with Crippen molar-refractivity contribution in [3.63, 3.8) is 0 Å². The molecule has 0 radical (unpaired) electrons. The highest BCUT2D eigenvalue weighted by molar-refractivity contribution is 7.17. The van der Waals surface area contributed by atoms with E-state index in [0.29, 0.717) is 47.3 Å². The molecule has 246 valence electrons. The Labute approximate surface area is 278 Å². The number of nitrogens with zero attached hydrogens (tertiary/aromatic N) is 1. The molecule has 1 atom stereocenters. The summed E-state index contributed by atoms with van der Waals surface area (Å²) >= 11 is 1.04. The van der Waals surface area contributed by atoms with Gasteiger partial charge in [0.25, 0.3) is 5.91 Å². The minimum absolute atomic E-state index is 0.0285. The summed E-state index contributed by atoms with van der Waals surface area (Å²) in [6.45, 7) is 1.43. The van der Waals surface area contributed by atoms with Gasteiger partial charge in [0, 0.05) is 41.5 Å². The highest BCUT2D eigenvalue weighted by Crippen LogP contribution is 2.39. The number of methoxy groups -OCH3 is 1. The second kappa shape index (κ2) is 14.0. The van der Waals surface area contributed by atoms with E-state index in [1.807, 2.05) is 72.8 Å². The molecule has 1 aliphatic rings. The number of H-pyrrole nitrogens is 1. The monoisotopic (exact) mass is 668 g/mol. The fourth-order valence-corrected chi connectivity index (χ4v) is 6.97. The molecule has 5 N–H and O–H groups in total. The van der Waals surface area contributed by atoms with Crippen molar-refractivity contribution in [2.24, 2.45) is 0 Å². The van der Waals surface area contributed by atoms with E-state index < -0.39 is 17.8 Å². The molecule has 2 amide bonds. The Hall–Kier alpha value is -5.66. The maximum atomic E-state index is 13.4. The summed E-state index contributed by atoms with van der Waals surface area (Å²) in [5, 5.41) is 25.1. The fraction of sp³-hybridized carbons (Fsp3) is 0.200. The molecule has 6 rings (SSSR count). The number of hydrogen-bond donors (Lipinski definition) is 5. The number of amides is 2. The third kappa shape index (κ3) is 7.17. The zero-order chi connectivity index (χ0) is 33.8. The summed E-state index contributed by atoms with van der Waals surface area (Å²) in [6, 6.07) is 24.4. The lowest BCUT2D eigenvalue weighted by Crippen LogP contribution is -2.47. The Kier molecular flexibility index (Phi) is 9.41. The summed E-state index contributed by atoms with van der Waals surface area (Å²) in [6.07, 6.45) is 0.252. The number of carbonyl (C=O) groups is 4. The van der Waals surface area contributed by atoms with Crippen LogP contribution in [0, 0.1) is 0 Å². The van der Waals surface area contributed by atoms with Gasteiger partial charge in [-0.15, -0.1) is 11.3 Å². The van der Waals surface area contributed by atoms with Crippen molar-refractivity contribution in [1.29, 1.82) is 0 Å². The number of aromatic nitrogens is 1. The first-order valence-electron chi connectivity index (χ1n) is 15.0. The van der Waals surface area contributed by atoms with Gasteiger partial charge < -0.3 is 35.3 Å². The first-order chi connectivity index (χ1) is 23.2. The van der Waals surface area contributed by atoms with Gasteiger partial charge in [-0.3, -0.25) is 14.5 Å². The van der Waals surface area contributed by atoms with E-state index in [0.717, 1.165) is 33.4 Å². The molecule has 12 nitrogen and oxygen atoms in total. The zero-order valence-corrected chi connectivity index (χ0v) is 26.6. The van der Waals surface area contributed by atoms with Gasteiger partial charge in [0.15, 0.2) is 0 Å². The first-order valence-corrected chi connectivity index (χ1v) is 15.9. The fourth-order valence-electron chi connectivity index (χ4n) is 5.73. The lowest BCUT2D eigenvalue weighted by Gasteiger charge is -2.36. The van der Waals surface area contributed by atoms with E-state index >= 15 is 0 Å². The highest BCUT2D eigenvalue weighted by Gasteiger charge is 2.34. The van der Waals surface area contributed by atoms with Crippen LogP contribution >= 0.6 is 11.3 Å². The molecule has 3 heterocycles. The maximum absolute atomic E-state index is 13.4. The van der Waals surface area contributed by atoms with Gasteiger partial charge >= 0.3 is 17.8 Å². The van der Waals surface area contributed by atoms with Gasteiger partial charge in [-0.05, 0) is 59.5 Å². The number of ether oxygens (including phenoxy) is 2. The molecule has 1 aliphatic heterocycles. The maximum Gasteiger partial charge on any atom is 0.394 e. The molecule has 2 aromatic heterocycles. The minimum atomic E-state index is -1.72. The smallest absolute Gasteiger partial charge is 0.394 e. The molecule has 48 heavy (non-hydrogen) atoms. The average molecular weight is 669 g/mol. The molecule has 0 fully saturated rings.